The van der Waals surface area contributed by atoms with Crippen molar-refractivity contribution in [1.29, 1.82) is 0 Å². The average molecular weight is 327 g/mol. The second-order valence-corrected chi connectivity index (χ2v) is 6.98. The molecule has 0 saturated carbocycles. The normalized spacial score (nSPS) is 16.1. The van der Waals surface area contributed by atoms with E-state index in [9.17, 15) is 10.1 Å². The molecule has 0 spiro atoms. The number of benzene rings is 1. The Hall–Kier alpha value is -2.34. The summed E-state index contributed by atoms with van der Waals surface area (Å²) in [6, 6.07) is 14.1. The summed E-state index contributed by atoms with van der Waals surface area (Å²) in [6.07, 6.45) is 2.14. The molecule has 1 aromatic carbocycles. The van der Waals surface area contributed by atoms with E-state index in [1.165, 1.54) is 27.9 Å². The number of nitro groups is 1. The van der Waals surface area contributed by atoms with Crippen molar-refractivity contribution in [2.24, 2.45) is 0 Å². The largest absolute Gasteiger partial charge is 0.363 e. The molecule has 0 aliphatic carbocycles. The number of hydrogen-bond donors (Lipinski definition) is 1. The van der Waals surface area contributed by atoms with Crippen LogP contribution in [0.1, 0.15) is 24.5 Å². The van der Waals surface area contributed by atoms with Crippen LogP contribution in [-0.2, 0) is 0 Å². The number of rotatable bonds is 3. The van der Waals surface area contributed by atoms with Gasteiger partial charge in [-0.15, -0.1) is 0 Å². The molecule has 23 heavy (non-hydrogen) atoms. The fraction of sp³-hybridized carbons (Fsp3) is 0.294. The van der Waals surface area contributed by atoms with E-state index in [0.717, 1.165) is 30.9 Å². The molecule has 1 fully saturated rings. The summed E-state index contributed by atoms with van der Waals surface area (Å²) in [5, 5.41) is 13.3. The first-order valence-corrected chi connectivity index (χ1v) is 8.59. The lowest BCUT2D eigenvalue weighted by atomic mass is 9.93. The predicted octanol–water partition coefficient (Wildman–Crippen LogP) is 4.52. The van der Waals surface area contributed by atoms with Gasteiger partial charge in [-0.3, -0.25) is 10.1 Å². The Balaban J connectivity index is 1.46. The number of nitrogens with one attached hydrogen (secondary N) is 1. The van der Waals surface area contributed by atoms with Crippen molar-refractivity contribution < 1.29 is 4.92 Å². The number of fused-ring (bicyclic) bond motifs is 1. The molecule has 2 aromatic heterocycles. The van der Waals surface area contributed by atoms with Gasteiger partial charge < -0.3 is 9.88 Å². The first-order chi connectivity index (χ1) is 11.2. The third kappa shape index (κ3) is 2.70. The highest BCUT2D eigenvalue weighted by Gasteiger charge is 2.24. The summed E-state index contributed by atoms with van der Waals surface area (Å²) in [5.74, 6) is 0.536. The molecular weight excluding hydrogens is 310 g/mol. The van der Waals surface area contributed by atoms with Crippen molar-refractivity contribution in [2.45, 2.75) is 18.8 Å². The van der Waals surface area contributed by atoms with E-state index >= 15 is 0 Å². The van der Waals surface area contributed by atoms with Gasteiger partial charge in [-0.2, -0.15) is 0 Å². The van der Waals surface area contributed by atoms with Crippen molar-refractivity contribution in [1.82, 2.24) is 4.98 Å². The monoisotopic (exact) mass is 327 g/mol. The van der Waals surface area contributed by atoms with Crippen LogP contribution < -0.4 is 4.90 Å². The van der Waals surface area contributed by atoms with Crippen molar-refractivity contribution in [2.75, 3.05) is 18.0 Å². The third-order valence-corrected chi connectivity index (χ3v) is 5.65. The van der Waals surface area contributed by atoms with E-state index in [4.69, 9.17) is 0 Å². The van der Waals surface area contributed by atoms with Gasteiger partial charge in [0.25, 0.3) is 0 Å². The van der Waals surface area contributed by atoms with Gasteiger partial charge in [0.05, 0.1) is 9.92 Å². The number of thiophene rings is 1. The van der Waals surface area contributed by atoms with Gasteiger partial charge in [0.2, 0.25) is 0 Å². The van der Waals surface area contributed by atoms with E-state index in [2.05, 4.69) is 40.2 Å². The Labute approximate surface area is 137 Å². The van der Waals surface area contributed by atoms with E-state index in [1.54, 1.807) is 6.07 Å². The molecule has 4 rings (SSSR count). The van der Waals surface area contributed by atoms with E-state index in [1.807, 2.05) is 6.07 Å². The molecule has 1 aliphatic rings. The van der Waals surface area contributed by atoms with Crippen LogP contribution in [0.3, 0.4) is 0 Å². The van der Waals surface area contributed by atoms with Crippen LogP contribution in [0.25, 0.3) is 10.9 Å². The van der Waals surface area contributed by atoms with Crippen molar-refractivity contribution in [3.63, 3.8) is 0 Å². The third-order valence-electron chi connectivity index (χ3n) is 4.55. The molecule has 6 heteroatoms. The van der Waals surface area contributed by atoms with Gasteiger partial charge in [0, 0.05) is 36.3 Å². The Morgan fingerprint density at radius 3 is 2.65 bits per heavy atom. The predicted molar refractivity (Wildman–Crippen MR) is 93.5 cm³/mol. The van der Waals surface area contributed by atoms with Crippen LogP contribution in [0.5, 0.6) is 0 Å². The SMILES string of the molecule is O=[N+]([O-])c1ccc(N2CCC(c3cc4ccccc4[nH]3)CC2)s1. The van der Waals surface area contributed by atoms with Gasteiger partial charge in [-0.05, 0) is 47.8 Å². The topological polar surface area (TPSA) is 62.2 Å². The second kappa shape index (κ2) is 5.70. The smallest absolute Gasteiger partial charge is 0.326 e. The maximum Gasteiger partial charge on any atom is 0.326 e. The molecule has 1 aliphatic heterocycles. The number of nitrogens with zero attached hydrogens (tertiary/aromatic N) is 2. The summed E-state index contributed by atoms with van der Waals surface area (Å²) >= 11 is 1.27. The minimum atomic E-state index is -0.314. The van der Waals surface area contributed by atoms with Crippen LogP contribution in [-0.4, -0.2) is 23.0 Å². The van der Waals surface area contributed by atoms with Gasteiger partial charge >= 0.3 is 5.00 Å². The van der Waals surface area contributed by atoms with E-state index in [-0.39, 0.29) is 9.92 Å². The van der Waals surface area contributed by atoms with Crippen molar-refractivity contribution in [3.8, 4) is 0 Å². The Morgan fingerprint density at radius 1 is 1.17 bits per heavy atom. The standard InChI is InChI=1S/C17H17N3O2S/c21-20(22)17-6-5-16(23-17)19-9-7-12(8-10-19)15-11-13-3-1-2-4-14(13)18-15/h1-6,11-12,18H,7-10H2. The fourth-order valence-electron chi connectivity index (χ4n) is 3.31. The molecule has 1 N–H and O–H groups in total. The first-order valence-electron chi connectivity index (χ1n) is 7.77. The molecule has 0 radical (unpaired) electrons. The lowest BCUT2D eigenvalue weighted by Gasteiger charge is -2.32. The number of H-pyrrole nitrogens is 1. The fourth-order valence-corrected chi connectivity index (χ4v) is 4.19. The van der Waals surface area contributed by atoms with Crippen LogP contribution in [0.15, 0.2) is 42.5 Å². The molecular formula is C17H17N3O2S. The summed E-state index contributed by atoms with van der Waals surface area (Å²) in [7, 11) is 0. The maximum atomic E-state index is 10.8. The molecule has 3 aromatic rings. The molecule has 3 heterocycles. The molecule has 0 unspecified atom stereocenters. The average Bonchev–Trinajstić information content (AvgIpc) is 3.22. The highest BCUT2D eigenvalue weighted by atomic mass is 32.1. The quantitative estimate of drug-likeness (QED) is 0.568. The van der Waals surface area contributed by atoms with Gasteiger partial charge in [0.1, 0.15) is 0 Å². The number of aromatic nitrogens is 1. The maximum absolute atomic E-state index is 10.8. The number of anilines is 1. The lowest BCUT2D eigenvalue weighted by Crippen LogP contribution is -2.32. The van der Waals surface area contributed by atoms with Crippen LogP contribution in [0.2, 0.25) is 0 Å². The molecule has 118 valence electrons. The minimum Gasteiger partial charge on any atom is -0.363 e. The zero-order valence-corrected chi connectivity index (χ0v) is 13.4. The van der Waals surface area contributed by atoms with Crippen LogP contribution in [0, 0.1) is 10.1 Å². The van der Waals surface area contributed by atoms with Crippen molar-refractivity contribution in [3.05, 3.63) is 58.3 Å². The van der Waals surface area contributed by atoms with Gasteiger partial charge in [-0.1, -0.05) is 18.2 Å². The Morgan fingerprint density at radius 2 is 1.96 bits per heavy atom. The zero-order chi connectivity index (χ0) is 15.8. The van der Waals surface area contributed by atoms with Crippen LogP contribution >= 0.6 is 11.3 Å². The van der Waals surface area contributed by atoms with Crippen LogP contribution in [0.4, 0.5) is 10.0 Å². The Kier molecular flexibility index (Phi) is 3.53. The second-order valence-electron chi connectivity index (χ2n) is 5.94. The zero-order valence-electron chi connectivity index (χ0n) is 12.6. The van der Waals surface area contributed by atoms with Gasteiger partial charge in [0.15, 0.2) is 0 Å². The van der Waals surface area contributed by atoms with E-state index < -0.39 is 0 Å². The highest BCUT2D eigenvalue weighted by molar-refractivity contribution is 7.19. The number of para-hydroxylation sites is 1. The minimum absolute atomic E-state index is 0.220. The summed E-state index contributed by atoms with van der Waals surface area (Å²) in [6.45, 7) is 1.88. The van der Waals surface area contributed by atoms with E-state index in [0.29, 0.717) is 5.92 Å². The lowest BCUT2D eigenvalue weighted by molar-refractivity contribution is -0.380. The molecule has 1 saturated heterocycles. The number of hydrogen-bond acceptors (Lipinski definition) is 4. The number of aromatic amines is 1. The van der Waals surface area contributed by atoms with Crippen molar-refractivity contribution >= 4 is 32.2 Å². The summed E-state index contributed by atoms with van der Waals surface area (Å²) < 4.78 is 0. The first kappa shape index (κ1) is 14.3. The van der Waals surface area contributed by atoms with Gasteiger partial charge in [-0.25, -0.2) is 0 Å². The highest BCUT2D eigenvalue weighted by Crippen LogP contribution is 2.36. The summed E-state index contributed by atoms with van der Waals surface area (Å²) in [4.78, 5) is 16.3. The molecule has 0 bridgehead atoms. The number of piperidine rings is 1. The summed E-state index contributed by atoms with van der Waals surface area (Å²) in [5.41, 5.74) is 2.50. The molecule has 5 nitrogen and oxygen atoms in total. The Bertz CT molecular complexity index is 813. The molecule has 0 amide bonds. The molecule has 0 atom stereocenters.